The Labute approximate surface area is 103 Å². The Morgan fingerprint density at radius 2 is 2.07 bits per heavy atom. The fraction of sp³-hybridized carbons (Fsp3) is 0.300. The van der Waals surface area contributed by atoms with Gasteiger partial charge in [0, 0.05) is 12.8 Å². The molecule has 15 heavy (non-hydrogen) atoms. The Hall–Kier alpha value is -0.280. The minimum atomic E-state index is -0.821. The predicted molar refractivity (Wildman–Crippen MR) is 63.7 cm³/mol. The Balaban J connectivity index is 2.39. The maximum absolute atomic E-state index is 8.90. The zero-order chi connectivity index (χ0) is 11.1. The number of fused-ring (bicyclic) bond motifs is 1. The number of aliphatic hydroxyl groups excluding tert-OH is 1. The first-order valence-corrected chi connectivity index (χ1v) is 5.55. The summed E-state index contributed by atoms with van der Waals surface area (Å²) < 4.78 is 0. The van der Waals surface area contributed by atoms with Gasteiger partial charge in [-0.05, 0) is 24.1 Å². The largest absolute Gasteiger partial charge is 0.396 e. The van der Waals surface area contributed by atoms with Gasteiger partial charge in [-0.1, -0.05) is 23.2 Å². The molecule has 2 nitrogen and oxygen atoms in total. The average molecular weight is 265 g/mol. The summed E-state index contributed by atoms with van der Waals surface area (Å²) in [5, 5.41) is 9.75. The highest BCUT2D eigenvalue weighted by atomic mass is 35.5. The fourth-order valence-electron chi connectivity index (χ4n) is 1.61. The van der Waals surface area contributed by atoms with Crippen molar-refractivity contribution >= 4 is 40.5 Å². The number of hydrogen-bond donors (Lipinski definition) is 1. The smallest absolute Gasteiger partial charge is 0.129 e. The first kappa shape index (κ1) is 11.2. The number of rotatable bonds is 2. The molecule has 1 atom stereocenters. The molecule has 2 aliphatic rings. The molecular formula is C10H8Cl3NO. The van der Waals surface area contributed by atoms with E-state index in [9.17, 15) is 0 Å². The van der Waals surface area contributed by atoms with Crippen LogP contribution in [0.15, 0.2) is 39.0 Å². The van der Waals surface area contributed by atoms with Gasteiger partial charge in [0.15, 0.2) is 0 Å². The van der Waals surface area contributed by atoms with Crippen LogP contribution in [0.3, 0.4) is 0 Å². The molecule has 1 heterocycles. The van der Waals surface area contributed by atoms with Crippen LogP contribution >= 0.6 is 34.8 Å². The molecule has 0 bridgehead atoms. The first-order chi connectivity index (χ1) is 7.08. The predicted octanol–water partition coefficient (Wildman–Crippen LogP) is 2.94. The summed E-state index contributed by atoms with van der Waals surface area (Å²) in [6, 6.07) is 0. The highest BCUT2D eigenvalue weighted by molar-refractivity contribution is 6.50. The van der Waals surface area contributed by atoms with Crippen LogP contribution in [0.5, 0.6) is 0 Å². The van der Waals surface area contributed by atoms with Gasteiger partial charge in [0.1, 0.15) is 4.87 Å². The minimum absolute atomic E-state index is 0.0337. The molecule has 1 unspecified atom stereocenters. The number of alkyl halides is 1. The van der Waals surface area contributed by atoms with Gasteiger partial charge in [-0.15, -0.1) is 11.6 Å². The third kappa shape index (κ3) is 1.76. The Kier molecular flexibility index (Phi) is 2.95. The van der Waals surface area contributed by atoms with Crippen molar-refractivity contribution in [3.05, 3.63) is 34.0 Å². The van der Waals surface area contributed by atoms with E-state index in [1.165, 1.54) is 0 Å². The van der Waals surface area contributed by atoms with Crippen LogP contribution in [0, 0.1) is 0 Å². The van der Waals surface area contributed by atoms with Crippen LogP contribution in [0.1, 0.15) is 6.42 Å². The third-order valence-electron chi connectivity index (χ3n) is 2.40. The van der Waals surface area contributed by atoms with Gasteiger partial charge in [-0.2, -0.15) is 0 Å². The molecule has 80 valence electrons. The van der Waals surface area contributed by atoms with Crippen molar-refractivity contribution in [2.24, 2.45) is 4.99 Å². The van der Waals surface area contributed by atoms with Gasteiger partial charge in [-0.3, -0.25) is 4.99 Å². The second kappa shape index (κ2) is 3.95. The summed E-state index contributed by atoms with van der Waals surface area (Å²) in [6.45, 7) is 0.0337. The molecule has 0 saturated carbocycles. The fourth-order valence-corrected chi connectivity index (χ4v) is 2.40. The molecule has 2 rings (SSSR count). The summed E-state index contributed by atoms with van der Waals surface area (Å²) >= 11 is 18.2. The molecule has 5 heteroatoms. The van der Waals surface area contributed by atoms with Gasteiger partial charge < -0.3 is 5.11 Å². The molecule has 0 amide bonds. The molecule has 1 aliphatic heterocycles. The molecule has 0 fully saturated rings. The molecule has 0 aromatic heterocycles. The van der Waals surface area contributed by atoms with Crippen molar-refractivity contribution < 1.29 is 5.11 Å². The number of halogens is 3. The van der Waals surface area contributed by atoms with Crippen LogP contribution < -0.4 is 0 Å². The van der Waals surface area contributed by atoms with E-state index in [1.807, 2.05) is 0 Å². The van der Waals surface area contributed by atoms with Crippen LogP contribution in [-0.2, 0) is 0 Å². The van der Waals surface area contributed by atoms with Crippen LogP contribution in [0.4, 0.5) is 0 Å². The van der Waals surface area contributed by atoms with E-state index in [2.05, 4.69) is 4.99 Å². The normalized spacial score (nSPS) is 29.1. The molecule has 0 radical (unpaired) electrons. The minimum Gasteiger partial charge on any atom is -0.396 e. The van der Waals surface area contributed by atoms with Crippen molar-refractivity contribution in [2.75, 3.05) is 6.61 Å². The van der Waals surface area contributed by atoms with Gasteiger partial charge >= 0.3 is 0 Å². The molecule has 0 saturated heterocycles. The zero-order valence-corrected chi connectivity index (χ0v) is 9.94. The standard InChI is InChI=1S/C10H8Cl3NO/c11-7-3-9-10(13,4-8(7)12)6(1-2-15)5-14-9/h3-5,15H,1-2H2. The van der Waals surface area contributed by atoms with E-state index in [4.69, 9.17) is 39.9 Å². The molecule has 0 aromatic rings. The van der Waals surface area contributed by atoms with E-state index in [-0.39, 0.29) is 6.61 Å². The summed E-state index contributed by atoms with van der Waals surface area (Å²) in [4.78, 5) is 3.34. The number of nitrogens with zero attached hydrogens (tertiary/aromatic N) is 1. The summed E-state index contributed by atoms with van der Waals surface area (Å²) in [7, 11) is 0. The Bertz CT molecular complexity index is 422. The first-order valence-electron chi connectivity index (χ1n) is 4.41. The quantitative estimate of drug-likeness (QED) is 0.764. The number of aliphatic imine (C=N–C) groups is 1. The van der Waals surface area contributed by atoms with Crippen LogP contribution in [0.2, 0.25) is 0 Å². The highest BCUT2D eigenvalue weighted by Gasteiger charge is 2.40. The van der Waals surface area contributed by atoms with E-state index in [1.54, 1.807) is 18.4 Å². The van der Waals surface area contributed by atoms with Crippen LogP contribution in [0.25, 0.3) is 0 Å². The second-order valence-electron chi connectivity index (χ2n) is 3.34. The average Bonchev–Trinajstić information content (AvgIpc) is 2.46. The summed E-state index contributed by atoms with van der Waals surface area (Å²) in [6.07, 6.45) is 5.44. The lowest BCUT2D eigenvalue weighted by Gasteiger charge is -2.25. The SMILES string of the molecule is OCCC1=CN=C2C=C(Cl)C(Cl)=CC12Cl. The maximum atomic E-state index is 8.90. The zero-order valence-electron chi connectivity index (χ0n) is 7.67. The van der Waals surface area contributed by atoms with Gasteiger partial charge in [0.05, 0.1) is 15.8 Å². The topological polar surface area (TPSA) is 32.6 Å². The number of allylic oxidation sites excluding steroid dienone is 4. The summed E-state index contributed by atoms with van der Waals surface area (Å²) in [5.41, 5.74) is 1.49. The molecule has 1 N–H and O–H groups in total. The molecule has 0 spiro atoms. The van der Waals surface area contributed by atoms with Crippen molar-refractivity contribution in [3.8, 4) is 0 Å². The molecule has 1 aliphatic carbocycles. The van der Waals surface area contributed by atoms with E-state index < -0.39 is 4.87 Å². The van der Waals surface area contributed by atoms with E-state index >= 15 is 0 Å². The van der Waals surface area contributed by atoms with Gasteiger partial charge in [-0.25, -0.2) is 0 Å². The Morgan fingerprint density at radius 3 is 2.73 bits per heavy atom. The second-order valence-corrected chi connectivity index (χ2v) is 4.75. The third-order valence-corrected chi connectivity index (χ3v) is 3.67. The van der Waals surface area contributed by atoms with Crippen molar-refractivity contribution in [2.45, 2.75) is 11.3 Å². The monoisotopic (exact) mass is 263 g/mol. The Morgan fingerprint density at radius 1 is 1.33 bits per heavy atom. The van der Waals surface area contributed by atoms with Gasteiger partial charge in [0.25, 0.3) is 0 Å². The summed E-state index contributed by atoms with van der Waals surface area (Å²) in [5.74, 6) is 0. The van der Waals surface area contributed by atoms with E-state index in [0.29, 0.717) is 22.2 Å². The van der Waals surface area contributed by atoms with Crippen LogP contribution in [-0.4, -0.2) is 22.3 Å². The number of hydrogen-bond acceptors (Lipinski definition) is 2. The lowest BCUT2D eigenvalue weighted by Crippen LogP contribution is -2.31. The molecular weight excluding hydrogens is 256 g/mol. The lowest BCUT2D eigenvalue weighted by atomic mass is 9.90. The lowest BCUT2D eigenvalue weighted by molar-refractivity contribution is 0.298. The van der Waals surface area contributed by atoms with Crippen molar-refractivity contribution in [1.29, 1.82) is 0 Å². The molecule has 0 aromatic carbocycles. The van der Waals surface area contributed by atoms with Crippen molar-refractivity contribution in [1.82, 2.24) is 0 Å². The maximum Gasteiger partial charge on any atom is 0.129 e. The highest BCUT2D eigenvalue weighted by Crippen LogP contribution is 2.42. The van der Waals surface area contributed by atoms with Crippen molar-refractivity contribution in [3.63, 3.8) is 0 Å². The van der Waals surface area contributed by atoms with Gasteiger partial charge in [0.2, 0.25) is 0 Å². The number of aliphatic hydroxyl groups is 1. The van der Waals surface area contributed by atoms with E-state index in [0.717, 1.165) is 5.57 Å².